The van der Waals surface area contributed by atoms with Crippen LogP contribution in [0.4, 0.5) is 11.6 Å². The zero-order chi connectivity index (χ0) is 25.1. The number of nitrogens with one attached hydrogen (secondary N) is 3. The van der Waals surface area contributed by atoms with Crippen molar-refractivity contribution in [2.24, 2.45) is 5.73 Å². The van der Waals surface area contributed by atoms with E-state index in [1.165, 1.54) is 6.26 Å². The summed E-state index contributed by atoms with van der Waals surface area (Å²) in [6, 6.07) is 4.36. The first-order valence-electron chi connectivity index (χ1n) is 12.2. The second-order valence-corrected chi connectivity index (χ2v) is 11.1. The van der Waals surface area contributed by atoms with Crippen LogP contribution >= 0.6 is 12.4 Å². The fourth-order valence-corrected chi connectivity index (χ4v) is 5.69. The molecule has 37 heavy (non-hydrogen) atoms. The lowest BCUT2D eigenvalue weighted by atomic mass is 10.1. The Bertz CT molecular complexity index is 1410. The van der Waals surface area contributed by atoms with Gasteiger partial charge >= 0.3 is 0 Å². The van der Waals surface area contributed by atoms with E-state index in [0.717, 1.165) is 85.6 Å². The van der Waals surface area contributed by atoms with E-state index in [1.807, 2.05) is 24.5 Å². The van der Waals surface area contributed by atoms with Crippen LogP contribution < -0.4 is 20.3 Å². The average Bonchev–Trinajstić information content (AvgIpc) is 3.54. The molecule has 6 heterocycles. The summed E-state index contributed by atoms with van der Waals surface area (Å²) in [5, 5.41) is 2.10. The molecule has 2 fully saturated rings. The van der Waals surface area contributed by atoms with Crippen LogP contribution in [0.3, 0.4) is 0 Å². The molecule has 0 atom stereocenters. The lowest BCUT2D eigenvalue weighted by molar-refractivity contribution is 0.460. The molecule has 14 heteroatoms. The van der Waals surface area contributed by atoms with Gasteiger partial charge in [-0.05, 0) is 37.8 Å². The zero-order valence-electron chi connectivity index (χ0n) is 20.7. The number of aromatic amines is 2. The lowest BCUT2D eigenvalue weighted by Gasteiger charge is -2.32. The zero-order valence-corrected chi connectivity index (χ0v) is 22.3. The fraction of sp³-hybridized carbons (Fsp3) is 0.478. The van der Waals surface area contributed by atoms with Crippen LogP contribution in [0, 0.1) is 0 Å². The quantitative estimate of drug-likeness (QED) is 0.298. The summed E-state index contributed by atoms with van der Waals surface area (Å²) in [7, 11) is -3.13. The number of nitrogens with two attached hydrogens (primary N) is 1. The van der Waals surface area contributed by atoms with E-state index in [1.54, 1.807) is 12.7 Å². The number of aromatic nitrogens is 6. The topological polar surface area (TPSA) is 162 Å². The molecule has 0 unspecified atom stereocenters. The lowest BCUT2D eigenvalue weighted by Crippen LogP contribution is -2.44. The van der Waals surface area contributed by atoms with Gasteiger partial charge in [0.1, 0.15) is 35.6 Å². The molecule has 4 aromatic heterocycles. The largest absolute Gasteiger partial charge is 0.356 e. The van der Waals surface area contributed by atoms with E-state index in [0.29, 0.717) is 6.04 Å². The number of piperidine rings is 2. The summed E-state index contributed by atoms with van der Waals surface area (Å²) in [4.78, 5) is 27.8. The van der Waals surface area contributed by atoms with Gasteiger partial charge in [-0.3, -0.25) is 0 Å². The average molecular weight is 549 g/mol. The summed E-state index contributed by atoms with van der Waals surface area (Å²) in [5.41, 5.74) is 7.63. The Hall–Kier alpha value is -3.00. The maximum atomic E-state index is 11.2. The molecule has 2 saturated heterocycles. The third-order valence-electron chi connectivity index (χ3n) is 6.68. The first-order chi connectivity index (χ1) is 17.4. The number of hydrogen-bond acceptors (Lipinski definition) is 9. The molecule has 4 aromatic rings. The van der Waals surface area contributed by atoms with Crippen molar-refractivity contribution < 1.29 is 8.42 Å². The number of rotatable bonds is 4. The predicted octanol–water partition coefficient (Wildman–Crippen LogP) is 1.78. The maximum absolute atomic E-state index is 11.2. The van der Waals surface area contributed by atoms with Gasteiger partial charge in [0.15, 0.2) is 0 Å². The summed E-state index contributed by atoms with van der Waals surface area (Å²) in [6.07, 6.45) is 11.8. The van der Waals surface area contributed by atoms with Gasteiger partial charge in [0.25, 0.3) is 0 Å². The number of halogens is 1. The minimum Gasteiger partial charge on any atom is -0.356 e. The molecule has 0 spiro atoms. The molecular formula is C23H33ClN10O2S. The Labute approximate surface area is 221 Å². The molecule has 200 valence electrons. The van der Waals surface area contributed by atoms with E-state index >= 15 is 0 Å². The normalized spacial score (nSPS) is 17.5. The Morgan fingerprint density at radius 3 is 1.76 bits per heavy atom. The highest BCUT2D eigenvalue weighted by atomic mass is 35.5. The van der Waals surface area contributed by atoms with Crippen LogP contribution in [0.2, 0.25) is 0 Å². The van der Waals surface area contributed by atoms with Crippen molar-refractivity contribution in [3.05, 3.63) is 37.2 Å². The first kappa shape index (κ1) is 27.0. The van der Waals surface area contributed by atoms with Gasteiger partial charge in [-0.25, -0.2) is 33.1 Å². The van der Waals surface area contributed by atoms with Crippen molar-refractivity contribution in [2.75, 3.05) is 42.2 Å². The molecular weight excluding hydrogens is 516 g/mol. The highest BCUT2D eigenvalue weighted by molar-refractivity contribution is 7.88. The van der Waals surface area contributed by atoms with Gasteiger partial charge in [-0.15, -0.1) is 12.4 Å². The summed E-state index contributed by atoms with van der Waals surface area (Å²) in [5.74, 6) is 1.94. The van der Waals surface area contributed by atoms with E-state index in [-0.39, 0.29) is 18.4 Å². The first-order valence-corrected chi connectivity index (χ1v) is 14.1. The molecule has 0 aliphatic carbocycles. The van der Waals surface area contributed by atoms with Crippen LogP contribution in [-0.2, 0) is 10.0 Å². The van der Waals surface area contributed by atoms with Gasteiger partial charge in [0.2, 0.25) is 10.0 Å². The monoisotopic (exact) mass is 548 g/mol. The highest BCUT2D eigenvalue weighted by Gasteiger charge is 2.24. The number of sulfonamides is 1. The van der Waals surface area contributed by atoms with Crippen LogP contribution in [0.25, 0.3) is 22.1 Å². The minimum absolute atomic E-state index is 0. The van der Waals surface area contributed by atoms with Crippen molar-refractivity contribution in [1.29, 1.82) is 0 Å². The second kappa shape index (κ2) is 11.6. The van der Waals surface area contributed by atoms with Crippen molar-refractivity contribution in [3.8, 4) is 0 Å². The molecule has 2 aliphatic rings. The smallest absolute Gasteiger partial charge is 0.208 e. The molecule has 12 nitrogen and oxygen atoms in total. The molecule has 0 bridgehead atoms. The second-order valence-electron chi connectivity index (χ2n) is 9.35. The van der Waals surface area contributed by atoms with Gasteiger partial charge in [-0.1, -0.05) is 0 Å². The maximum Gasteiger partial charge on any atom is 0.208 e. The number of nitrogens with zero attached hydrogens (tertiary/aromatic N) is 6. The summed E-state index contributed by atoms with van der Waals surface area (Å²) in [6.45, 7) is 3.53. The molecule has 0 radical (unpaired) electrons. The molecule has 2 aliphatic heterocycles. The number of anilines is 2. The van der Waals surface area contributed by atoms with Crippen LogP contribution in [-0.4, -0.2) is 82.8 Å². The molecule has 6 rings (SSSR count). The predicted molar refractivity (Wildman–Crippen MR) is 148 cm³/mol. The number of hydrogen-bond donors (Lipinski definition) is 4. The van der Waals surface area contributed by atoms with Crippen molar-refractivity contribution in [3.63, 3.8) is 0 Å². The van der Waals surface area contributed by atoms with E-state index < -0.39 is 10.0 Å². The number of H-pyrrole nitrogens is 2. The Balaban J connectivity index is 0.000000172. The number of fused-ring (bicyclic) bond motifs is 2. The van der Waals surface area contributed by atoms with Crippen LogP contribution in [0.15, 0.2) is 37.2 Å². The SMILES string of the molecule is CS(=O)(=O)NC1CCN(c2ncnc3[nH]ccc23)CC1.Cl.NC1CCN(c2ncnc3[nH]ccc23)CC1. The molecule has 0 saturated carbocycles. The Morgan fingerprint density at radius 2 is 1.30 bits per heavy atom. The van der Waals surface area contributed by atoms with Crippen LogP contribution in [0.1, 0.15) is 25.7 Å². The van der Waals surface area contributed by atoms with Gasteiger partial charge < -0.3 is 25.5 Å². The third-order valence-corrected chi connectivity index (χ3v) is 7.44. The van der Waals surface area contributed by atoms with Gasteiger partial charge in [-0.2, -0.15) is 0 Å². The van der Waals surface area contributed by atoms with Crippen molar-refractivity contribution >= 4 is 56.1 Å². The van der Waals surface area contributed by atoms with Gasteiger partial charge in [0, 0.05) is 50.7 Å². The van der Waals surface area contributed by atoms with Crippen molar-refractivity contribution in [1.82, 2.24) is 34.6 Å². The Morgan fingerprint density at radius 1 is 0.838 bits per heavy atom. The standard InChI is InChI=1S/C12H17N5O2S.C11H15N5.ClH/c1-20(18,19)16-9-3-6-17(7-4-9)12-10-2-5-13-11(10)14-8-15-12;12-8-2-5-16(6-3-8)11-9-1-4-13-10(9)14-7-15-11;/h2,5,8-9,16H,3-4,6-7H2,1H3,(H,13,14,15);1,4,7-8H,2-3,5-6,12H2,(H,13,14,15);1H. The van der Waals surface area contributed by atoms with E-state index in [9.17, 15) is 8.42 Å². The van der Waals surface area contributed by atoms with Crippen LogP contribution in [0.5, 0.6) is 0 Å². The molecule has 0 aromatic carbocycles. The van der Waals surface area contributed by atoms with Crippen molar-refractivity contribution in [2.45, 2.75) is 37.8 Å². The van der Waals surface area contributed by atoms with Gasteiger partial charge in [0.05, 0.1) is 17.0 Å². The molecule has 5 N–H and O–H groups in total. The molecule has 0 amide bonds. The Kier molecular flexibility index (Phi) is 8.47. The van der Waals surface area contributed by atoms with E-state index in [4.69, 9.17) is 5.73 Å². The summed E-state index contributed by atoms with van der Waals surface area (Å²) < 4.78 is 25.2. The summed E-state index contributed by atoms with van der Waals surface area (Å²) >= 11 is 0. The minimum atomic E-state index is -3.13. The third kappa shape index (κ3) is 6.47. The highest BCUT2D eigenvalue weighted by Crippen LogP contribution is 2.26. The fourth-order valence-electron chi connectivity index (χ4n) is 4.84. The van der Waals surface area contributed by atoms with E-state index in [2.05, 4.69) is 44.4 Å².